The zero-order valence-electron chi connectivity index (χ0n) is 5.29. The summed E-state index contributed by atoms with van der Waals surface area (Å²) < 4.78 is 0.932. The van der Waals surface area contributed by atoms with Crippen molar-refractivity contribution in [3.8, 4) is 5.88 Å². The molecule has 0 aliphatic rings. The van der Waals surface area contributed by atoms with Gasteiger partial charge in [-0.3, -0.25) is 14.3 Å². The molecule has 54 valence electrons. The quantitative estimate of drug-likeness (QED) is 0.476. The lowest BCUT2D eigenvalue weighted by atomic mass is 10.6. The van der Waals surface area contributed by atoms with Crippen LogP contribution in [0.25, 0.3) is 0 Å². The summed E-state index contributed by atoms with van der Waals surface area (Å²) in [5.74, 6) is -0.339. The topological polar surface area (TPSA) is 75.1 Å². The highest BCUT2D eigenvalue weighted by Crippen LogP contribution is 1.94. The fraction of sp³-hybridized carbons (Fsp3) is 0.200. The van der Waals surface area contributed by atoms with Crippen LogP contribution in [-0.4, -0.2) is 14.7 Å². The van der Waals surface area contributed by atoms with Gasteiger partial charge >= 0.3 is 5.69 Å². The Morgan fingerprint density at radius 3 is 2.70 bits per heavy atom. The molecule has 0 aliphatic heterocycles. The number of rotatable bonds is 0. The fourth-order valence-corrected chi connectivity index (χ4v) is 0.543. The first-order valence-corrected chi connectivity index (χ1v) is 2.60. The molecule has 0 spiro atoms. The van der Waals surface area contributed by atoms with E-state index in [1.54, 1.807) is 0 Å². The summed E-state index contributed by atoms with van der Waals surface area (Å²) in [6.07, 6.45) is 0. The van der Waals surface area contributed by atoms with Crippen LogP contribution in [0.2, 0.25) is 0 Å². The summed E-state index contributed by atoms with van der Waals surface area (Å²) in [5.41, 5.74) is -1.22. The normalized spacial score (nSPS) is 9.70. The lowest BCUT2D eigenvalue weighted by Crippen LogP contribution is -2.26. The van der Waals surface area contributed by atoms with Gasteiger partial charge in [0.15, 0.2) is 5.88 Å². The molecule has 0 fully saturated rings. The lowest BCUT2D eigenvalue weighted by Gasteiger charge is -1.96. The Labute approximate surface area is 55.6 Å². The number of aromatic hydroxyl groups is 1. The molecule has 2 N–H and O–H groups in total. The predicted molar refractivity (Wildman–Crippen MR) is 34.0 cm³/mol. The van der Waals surface area contributed by atoms with Gasteiger partial charge < -0.3 is 5.11 Å². The predicted octanol–water partition coefficient (Wildman–Crippen LogP) is -1.22. The van der Waals surface area contributed by atoms with E-state index in [9.17, 15) is 9.59 Å². The number of nitrogens with one attached hydrogen (secondary N) is 1. The second kappa shape index (κ2) is 2.02. The molecule has 1 rings (SSSR count). The van der Waals surface area contributed by atoms with Gasteiger partial charge in [-0.1, -0.05) is 0 Å². The first-order chi connectivity index (χ1) is 4.61. The Bertz CT molecular complexity index is 349. The molecule has 0 aromatic carbocycles. The van der Waals surface area contributed by atoms with Gasteiger partial charge in [0.1, 0.15) is 0 Å². The van der Waals surface area contributed by atoms with Crippen LogP contribution < -0.4 is 11.2 Å². The number of hydrogen-bond donors (Lipinski definition) is 2. The minimum Gasteiger partial charge on any atom is -0.494 e. The van der Waals surface area contributed by atoms with Gasteiger partial charge in [0.2, 0.25) is 0 Å². The van der Waals surface area contributed by atoms with E-state index in [1.165, 1.54) is 7.05 Å². The van der Waals surface area contributed by atoms with E-state index in [2.05, 4.69) is 0 Å². The van der Waals surface area contributed by atoms with E-state index in [4.69, 9.17) is 5.11 Å². The van der Waals surface area contributed by atoms with Crippen molar-refractivity contribution >= 4 is 0 Å². The second-order valence-electron chi connectivity index (χ2n) is 1.86. The van der Waals surface area contributed by atoms with E-state index >= 15 is 0 Å². The van der Waals surface area contributed by atoms with Crippen molar-refractivity contribution in [3.63, 3.8) is 0 Å². The molecule has 0 saturated heterocycles. The average Bonchev–Trinajstić information content (AvgIpc) is 1.82. The van der Waals surface area contributed by atoms with Crippen molar-refractivity contribution in [1.29, 1.82) is 0 Å². The van der Waals surface area contributed by atoms with Crippen molar-refractivity contribution in [2.24, 2.45) is 7.05 Å². The number of hydrogen-bond acceptors (Lipinski definition) is 3. The van der Waals surface area contributed by atoms with E-state index < -0.39 is 11.2 Å². The number of aromatic amines is 1. The Kier molecular flexibility index (Phi) is 1.33. The van der Waals surface area contributed by atoms with Crippen LogP contribution in [0.1, 0.15) is 0 Å². The molecular formula is C5H6N2O3. The van der Waals surface area contributed by atoms with E-state index in [1.807, 2.05) is 4.98 Å². The summed E-state index contributed by atoms with van der Waals surface area (Å²) >= 11 is 0. The molecule has 10 heavy (non-hydrogen) atoms. The average molecular weight is 142 g/mol. The van der Waals surface area contributed by atoms with Crippen LogP contribution in [0.15, 0.2) is 15.7 Å². The van der Waals surface area contributed by atoms with Crippen molar-refractivity contribution < 1.29 is 5.11 Å². The van der Waals surface area contributed by atoms with Gasteiger partial charge in [-0.25, -0.2) is 4.79 Å². The van der Waals surface area contributed by atoms with Gasteiger partial charge in [-0.15, -0.1) is 0 Å². The zero-order valence-corrected chi connectivity index (χ0v) is 5.29. The van der Waals surface area contributed by atoms with Crippen molar-refractivity contribution in [3.05, 3.63) is 26.9 Å². The minimum absolute atomic E-state index is 0.339. The minimum atomic E-state index is -0.620. The van der Waals surface area contributed by atoms with Crippen molar-refractivity contribution in [1.82, 2.24) is 9.55 Å². The third-order valence-electron chi connectivity index (χ3n) is 1.14. The van der Waals surface area contributed by atoms with E-state index in [0.29, 0.717) is 0 Å². The molecule has 0 amide bonds. The molecule has 0 aliphatic carbocycles. The highest BCUT2D eigenvalue weighted by Gasteiger charge is 1.96. The summed E-state index contributed by atoms with van der Waals surface area (Å²) in [4.78, 5) is 23.0. The monoisotopic (exact) mass is 142 g/mol. The maximum Gasteiger partial charge on any atom is 0.330 e. The SMILES string of the molecule is Cn1c(O)cc(=O)[nH]c1=O. The van der Waals surface area contributed by atoms with Gasteiger partial charge in [0, 0.05) is 7.05 Å². The summed E-state index contributed by atoms with van der Waals surface area (Å²) in [7, 11) is 1.35. The zero-order chi connectivity index (χ0) is 7.72. The van der Waals surface area contributed by atoms with Crippen LogP contribution in [0, 0.1) is 0 Å². The third kappa shape index (κ3) is 0.928. The molecule has 0 bridgehead atoms. The molecule has 5 nitrogen and oxygen atoms in total. The van der Waals surface area contributed by atoms with Crippen molar-refractivity contribution in [2.45, 2.75) is 0 Å². The summed E-state index contributed by atoms with van der Waals surface area (Å²) in [6, 6.07) is 0.932. The highest BCUT2D eigenvalue weighted by molar-refractivity contribution is 5.04. The first-order valence-electron chi connectivity index (χ1n) is 2.60. The molecule has 0 saturated carbocycles. The van der Waals surface area contributed by atoms with Crippen LogP contribution in [-0.2, 0) is 7.05 Å². The molecule has 0 atom stereocenters. The van der Waals surface area contributed by atoms with Crippen LogP contribution in [0.5, 0.6) is 5.88 Å². The van der Waals surface area contributed by atoms with Gasteiger partial charge in [0.05, 0.1) is 6.07 Å². The summed E-state index contributed by atoms with van der Waals surface area (Å²) in [6.45, 7) is 0. The number of aromatic nitrogens is 2. The fourth-order valence-electron chi connectivity index (χ4n) is 0.543. The third-order valence-corrected chi connectivity index (χ3v) is 1.14. The lowest BCUT2D eigenvalue weighted by molar-refractivity contribution is 0.418. The maximum atomic E-state index is 10.6. The largest absolute Gasteiger partial charge is 0.494 e. The van der Waals surface area contributed by atoms with Crippen LogP contribution in [0.3, 0.4) is 0 Å². The van der Waals surface area contributed by atoms with Crippen molar-refractivity contribution in [2.75, 3.05) is 0 Å². The summed E-state index contributed by atoms with van der Waals surface area (Å²) in [5, 5.41) is 8.82. The second-order valence-corrected chi connectivity index (χ2v) is 1.86. The van der Waals surface area contributed by atoms with E-state index in [0.717, 1.165) is 10.6 Å². The molecular weight excluding hydrogens is 136 g/mol. The Morgan fingerprint density at radius 1 is 1.60 bits per heavy atom. The van der Waals surface area contributed by atoms with Gasteiger partial charge in [0.25, 0.3) is 5.56 Å². The molecule has 1 heterocycles. The Hall–Kier alpha value is -1.52. The maximum absolute atomic E-state index is 10.6. The molecule has 1 aromatic heterocycles. The van der Waals surface area contributed by atoms with Crippen LogP contribution >= 0.6 is 0 Å². The molecule has 0 radical (unpaired) electrons. The molecule has 0 unspecified atom stereocenters. The highest BCUT2D eigenvalue weighted by atomic mass is 16.3. The standard InChI is InChI=1S/C5H6N2O3/c1-7-4(9)2-3(8)6-5(7)10/h2,9H,1H3,(H,6,8,10). The van der Waals surface area contributed by atoms with E-state index in [-0.39, 0.29) is 5.88 Å². The first kappa shape index (κ1) is 6.60. The van der Waals surface area contributed by atoms with Gasteiger partial charge in [-0.2, -0.15) is 0 Å². The molecule has 1 aromatic rings. The number of H-pyrrole nitrogens is 1. The Balaban J connectivity index is 3.62. The van der Waals surface area contributed by atoms with Gasteiger partial charge in [-0.05, 0) is 0 Å². The Morgan fingerprint density at radius 2 is 2.20 bits per heavy atom. The number of nitrogens with zero attached hydrogens (tertiary/aromatic N) is 1. The smallest absolute Gasteiger partial charge is 0.330 e. The molecule has 5 heteroatoms. The van der Waals surface area contributed by atoms with Crippen LogP contribution in [0.4, 0.5) is 0 Å².